The Balaban J connectivity index is 1.30. The molecule has 1 saturated carbocycles. The number of alkyl halides is 1. The van der Waals surface area contributed by atoms with Crippen LogP contribution in [0.4, 0.5) is 18.6 Å². The van der Waals surface area contributed by atoms with E-state index in [1.165, 1.54) is 18.2 Å². The highest BCUT2D eigenvalue weighted by Gasteiger charge is 2.26. The number of aromatic nitrogens is 1. The second-order valence-electron chi connectivity index (χ2n) is 8.83. The first kappa shape index (κ1) is 25.8. The molecule has 36 heavy (non-hydrogen) atoms. The lowest BCUT2D eigenvalue weighted by Crippen LogP contribution is -2.32. The van der Waals surface area contributed by atoms with Crippen molar-refractivity contribution in [3.05, 3.63) is 40.7 Å². The van der Waals surface area contributed by atoms with E-state index < -0.39 is 29.8 Å². The first-order valence-corrected chi connectivity index (χ1v) is 12.5. The van der Waals surface area contributed by atoms with Gasteiger partial charge < -0.3 is 26.0 Å². The van der Waals surface area contributed by atoms with Crippen molar-refractivity contribution in [2.75, 3.05) is 31.5 Å². The van der Waals surface area contributed by atoms with Crippen LogP contribution < -0.4 is 26.4 Å². The van der Waals surface area contributed by atoms with Gasteiger partial charge in [-0.15, -0.1) is 0 Å². The van der Waals surface area contributed by atoms with Crippen molar-refractivity contribution in [1.29, 1.82) is 0 Å². The Kier molecular flexibility index (Phi) is 8.31. The van der Waals surface area contributed by atoms with Crippen molar-refractivity contribution in [2.45, 2.75) is 44.5 Å². The van der Waals surface area contributed by atoms with Crippen LogP contribution in [0.5, 0.6) is 5.88 Å². The molecule has 1 aliphatic carbocycles. The number of halogens is 2. The van der Waals surface area contributed by atoms with Crippen molar-refractivity contribution in [2.24, 2.45) is 5.73 Å². The van der Waals surface area contributed by atoms with Crippen LogP contribution in [0.25, 0.3) is 0 Å². The van der Waals surface area contributed by atoms with Gasteiger partial charge in [-0.05, 0) is 61.5 Å². The van der Waals surface area contributed by atoms with Gasteiger partial charge in [0.05, 0.1) is 5.56 Å². The highest BCUT2D eigenvalue weighted by Crippen LogP contribution is 2.31. The number of ether oxygens (including phenoxy) is 1. The van der Waals surface area contributed by atoms with Gasteiger partial charge in [0.25, 0.3) is 11.8 Å². The van der Waals surface area contributed by atoms with Crippen LogP contribution in [0, 0.1) is 5.82 Å². The third-order valence-corrected chi connectivity index (χ3v) is 6.60. The van der Waals surface area contributed by atoms with Crippen LogP contribution in [-0.4, -0.2) is 65.5 Å². The summed E-state index contributed by atoms with van der Waals surface area (Å²) in [5.41, 5.74) is 5.79. The van der Waals surface area contributed by atoms with Gasteiger partial charge in [0.15, 0.2) is 0 Å². The summed E-state index contributed by atoms with van der Waals surface area (Å²) in [6, 6.07) is 3.56. The minimum absolute atomic E-state index is 0.0779. The van der Waals surface area contributed by atoms with E-state index in [-0.39, 0.29) is 34.7 Å². The van der Waals surface area contributed by atoms with Crippen LogP contribution >= 0.6 is 11.5 Å². The summed E-state index contributed by atoms with van der Waals surface area (Å²) in [6.07, 6.45) is 2.16. The molecule has 0 unspecified atom stereocenters. The van der Waals surface area contributed by atoms with Crippen LogP contribution in [0.1, 0.15) is 52.0 Å². The Morgan fingerprint density at radius 2 is 2.06 bits per heavy atom. The van der Waals surface area contributed by atoms with Crippen molar-refractivity contribution in [3.63, 3.8) is 0 Å². The van der Waals surface area contributed by atoms with Gasteiger partial charge in [0.2, 0.25) is 5.88 Å². The molecule has 1 aromatic heterocycles. The molecule has 0 spiro atoms. The first-order chi connectivity index (χ1) is 17.3. The highest BCUT2D eigenvalue weighted by molar-refractivity contribution is 7.11. The molecule has 1 aromatic carbocycles. The Bertz CT molecular complexity index is 1130. The molecule has 5 N–H and O–H groups in total. The monoisotopic (exact) mass is 522 g/mol. The maximum Gasteiger partial charge on any atom is 0.319 e. The van der Waals surface area contributed by atoms with E-state index in [2.05, 4.69) is 20.3 Å². The fraction of sp³-hybridized carbons (Fsp3) is 0.478. The minimum atomic E-state index is -0.840. The Morgan fingerprint density at radius 3 is 2.75 bits per heavy atom. The van der Waals surface area contributed by atoms with Gasteiger partial charge in [-0.2, -0.15) is 4.37 Å². The molecule has 1 aliphatic heterocycles. The number of likely N-dealkylation sites (tertiary alicyclic amines) is 1. The second-order valence-corrected chi connectivity index (χ2v) is 9.60. The normalized spacial score (nSPS) is 17.6. The zero-order chi connectivity index (χ0) is 25.7. The Labute approximate surface area is 210 Å². The number of hydrogen-bond donors (Lipinski definition) is 4. The Hall–Kier alpha value is -3.32. The lowest BCUT2D eigenvalue weighted by atomic mass is 10.1. The van der Waals surface area contributed by atoms with Crippen molar-refractivity contribution in [1.82, 2.24) is 19.9 Å². The van der Waals surface area contributed by atoms with Gasteiger partial charge in [0.1, 0.15) is 29.2 Å². The number of benzene rings is 1. The number of nitrogens with two attached hydrogens (primary N) is 1. The van der Waals surface area contributed by atoms with Crippen molar-refractivity contribution >= 4 is 34.4 Å². The van der Waals surface area contributed by atoms with Crippen LogP contribution in [-0.2, 0) is 6.61 Å². The standard InChI is InChI=1S/C23H28F2N6O4S/c24-14-6-9-31(11-14)8-1-7-27-23(34)29-22-18(19(26)32)21(30-36-22)35-12-13-2-5-17(25)16(10-13)20(33)28-15-3-4-15/h2,5,10,14-15H,1,3-4,6-9,11-12H2,(H2,26,32)(H,28,33)(H2,27,29,34)/t14-/m0/s1. The van der Waals surface area contributed by atoms with Gasteiger partial charge in [-0.25, -0.2) is 13.6 Å². The number of nitrogens with zero attached hydrogens (tertiary/aromatic N) is 2. The number of urea groups is 1. The van der Waals surface area contributed by atoms with E-state index in [1.54, 1.807) is 0 Å². The summed E-state index contributed by atoms with van der Waals surface area (Å²) in [7, 11) is 0. The topological polar surface area (TPSA) is 139 Å². The van der Waals surface area contributed by atoms with E-state index >= 15 is 0 Å². The van der Waals surface area contributed by atoms with Crippen LogP contribution in [0.2, 0.25) is 0 Å². The molecule has 2 fully saturated rings. The van der Waals surface area contributed by atoms with Crippen LogP contribution in [0.15, 0.2) is 18.2 Å². The summed E-state index contributed by atoms with van der Waals surface area (Å²) < 4.78 is 37.0. The number of nitrogens with one attached hydrogen (secondary N) is 3. The van der Waals surface area contributed by atoms with Gasteiger partial charge in [0, 0.05) is 25.7 Å². The molecule has 13 heteroatoms. The zero-order valence-corrected chi connectivity index (χ0v) is 20.3. The van der Waals surface area contributed by atoms with E-state index in [4.69, 9.17) is 10.5 Å². The number of primary amides is 1. The van der Waals surface area contributed by atoms with Crippen LogP contribution in [0.3, 0.4) is 0 Å². The summed E-state index contributed by atoms with van der Waals surface area (Å²) in [6.45, 7) is 2.08. The number of hydrogen-bond acceptors (Lipinski definition) is 7. The average Bonchev–Trinajstić information content (AvgIpc) is 3.41. The second kappa shape index (κ2) is 11.6. The number of amides is 4. The summed E-state index contributed by atoms with van der Waals surface area (Å²) in [5.74, 6) is -2.06. The highest BCUT2D eigenvalue weighted by atomic mass is 32.1. The molecule has 0 radical (unpaired) electrons. The predicted molar refractivity (Wildman–Crippen MR) is 129 cm³/mol. The minimum Gasteiger partial charge on any atom is -0.472 e. The summed E-state index contributed by atoms with van der Waals surface area (Å²) in [4.78, 5) is 38.5. The quantitative estimate of drug-likeness (QED) is 0.334. The molecule has 4 rings (SSSR count). The lowest BCUT2D eigenvalue weighted by Gasteiger charge is -2.14. The smallest absolute Gasteiger partial charge is 0.319 e. The molecular weight excluding hydrogens is 494 g/mol. The maximum absolute atomic E-state index is 14.1. The molecular formula is C23H28F2N6O4S. The van der Waals surface area contributed by atoms with Crippen molar-refractivity contribution in [3.8, 4) is 5.88 Å². The molecule has 2 heterocycles. The average molecular weight is 523 g/mol. The first-order valence-electron chi connectivity index (χ1n) is 11.7. The largest absolute Gasteiger partial charge is 0.472 e. The van der Waals surface area contributed by atoms with E-state index in [1.807, 2.05) is 4.90 Å². The van der Waals surface area contributed by atoms with E-state index in [0.717, 1.165) is 24.4 Å². The third kappa shape index (κ3) is 6.88. The Morgan fingerprint density at radius 1 is 1.25 bits per heavy atom. The van der Waals surface area contributed by atoms with E-state index in [0.29, 0.717) is 44.6 Å². The third-order valence-electron chi connectivity index (χ3n) is 5.85. The molecule has 1 atom stereocenters. The SMILES string of the molecule is NC(=O)c1c(OCc2ccc(F)c(C(=O)NC3CC3)c2)nsc1NC(=O)NCCCN1CC[C@H](F)C1. The molecule has 2 aliphatic rings. The fourth-order valence-corrected chi connectivity index (χ4v) is 4.53. The molecule has 4 amide bonds. The van der Waals surface area contributed by atoms with Gasteiger partial charge in [-0.1, -0.05) is 6.07 Å². The summed E-state index contributed by atoms with van der Waals surface area (Å²) >= 11 is 0.830. The maximum atomic E-state index is 14.1. The molecule has 0 bridgehead atoms. The zero-order valence-electron chi connectivity index (χ0n) is 19.5. The predicted octanol–water partition coefficient (Wildman–Crippen LogP) is 2.41. The van der Waals surface area contributed by atoms with E-state index in [9.17, 15) is 23.2 Å². The number of rotatable bonds is 11. The number of anilines is 1. The summed E-state index contributed by atoms with van der Waals surface area (Å²) in [5, 5.41) is 8.09. The molecule has 10 nitrogen and oxygen atoms in total. The molecule has 194 valence electrons. The number of carbonyl (C=O) groups excluding carboxylic acids is 3. The molecule has 1 saturated heterocycles. The fourth-order valence-electron chi connectivity index (χ4n) is 3.80. The lowest BCUT2D eigenvalue weighted by molar-refractivity contribution is 0.0945. The van der Waals surface area contributed by atoms with Gasteiger partial charge in [-0.3, -0.25) is 14.9 Å². The van der Waals surface area contributed by atoms with Crippen molar-refractivity contribution < 1.29 is 27.9 Å². The molecule has 2 aromatic rings. The van der Waals surface area contributed by atoms with Gasteiger partial charge >= 0.3 is 6.03 Å². The number of carbonyl (C=O) groups is 3.